The highest BCUT2D eigenvalue weighted by atomic mass is 32.2. The summed E-state index contributed by atoms with van der Waals surface area (Å²) in [7, 11) is 0. The highest BCUT2D eigenvalue weighted by Gasteiger charge is 2.13. The molecule has 0 fully saturated rings. The van der Waals surface area contributed by atoms with Gasteiger partial charge in [-0.25, -0.2) is 0 Å². The third kappa shape index (κ3) is 4.85. The molecule has 0 aliphatic heterocycles. The van der Waals surface area contributed by atoms with Gasteiger partial charge in [0.05, 0.1) is 11.2 Å². The zero-order valence-electron chi connectivity index (χ0n) is 16.5. The average Bonchev–Trinajstić information content (AvgIpc) is 3.26. The summed E-state index contributed by atoms with van der Waals surface area (Å²) in [6, 6.07) is 20.6. The number of nitrogens with one attached hydrogen (secondary N) is 1. The molecular weight excluding hydrogens is 432 g/mol. The fourth-order valence-corrected chi connectivity index (χ4v) is 3.58. The van der Waals surface area contributed by atoms with Gasteiger partial charge in [-0.05, 0) is 48.5 Å². The number of nitriles is 1. The first-order valence-electron chi connectivity index (χ1n) is 9.45. The lowest BCUT2D eigenvalue weighted by Gasteiger charge is -2.07. The Morgan fingerprint density at radius 3 is 2.66 bits per heavy atom. The summed E-state index contributed by atoms with van der Waals surface area (Å²) in [6.45, 7) is 0. The lowest BCUT2D eigenvalue weighted by molar-refractivity contribution is -0.112. The van der Waals surface area contributed by atoms with E-state index >= 15 is 0 Å². The van der Waals surface area contributed by atoms with Gasteiger partial charge in [-0.2, -0.15) is 14.0 Å². The Balaban J connectivity index is 1.53. The van der Waals surface area contributed by atoms with Crippen LogP contribution in [0.15, 0.2) is 87.8 Å². The van der Waals surface area contributed by atoms with Gasteiger partial charge in [-0.1, -0.05) is 30.0 Å². The van der Waals surface area contributed by atoms with Crippen LogP contribution < -0.4 is 5.32 Å². The molecule has 0 spiro atoms. The number of aromatic nitrogens is 1. The maximum absolute atomic E-state index is 12.7. The van der Waals surface area contributed by atoms with E-state index < -0.39 is 11.7 Å². The van der Waals surface area contributed by atoms with Crippen LogP contribution in [-0.2, 0) is 4.79 Å². The lowest BCUT2D eigenvalue weighted by Crippen LogP contribution is -2.13. The first-order valence-corrected chi connectivity index (χ1v) is 10.3. The minimum Gasteiger partial charge on any atom is -0.457 e. The van der Waals surface area contributed by atoms with Gasteiger partial charge in [0.25, 0.3) is 11.7 Å². The number of alkyl halides is 2. The van der Waals surface area contributed by atoms with Gasteiger partial charge in [0.2, 0.25) is 0 Å². The number of hydrogen-bond acceptors (Lipinski definition) is 5. The van der Waals surface area contributed by atoms with Crippen molar-refractivity contribution in [3.63, 3.8) is 0 Å². The van der Waals surface area contributed by atoms with Gasteiger partial charge in [0.1, 0.15) is 23.2 Å². The minimum atomic E-state index is -2.48. The van der Waals surface area contributed by atoms with Crippen LogP contribution in [0.2, 0.25) is 0 Å². The number of rotatable bonds is 6. The number of thioether (sulfide) groups is 1. The molecule has 8 heteroatoms. The van der Waals surface area contributed by atoms with Crippen molar-refractivity contribution >= 4 is 40.3 Å². The Morgan fingerprint density at radius 1 is 1.09 bits per heavy atom. The van der Waals surface area contributed by atoms with Crippen molar-refractivity contribution < 1.29 is 18.0 Å². The van der Waals surface area contributed by atoms with Crippen LogP contribution in [0.4, 0.5) is 14.5 Å². The largest absolute Gasteiger partial charge is 0.457 e. The van der Waals surface area contributed by atoms with Crippen LogP contribution in [0.5, 0.6) is 0 Å². The van der Waals surface area contributed by atoms with Crippen LogP contribution in [-0.4, -0.2) is 16.6 Å². The van der Waals surface area contributed by atoms with Gasteiger partial charge in [-0.15, -0.1) is 0 Å². The number of amides is 1. The molecule has 1 N–H and O–H groups in total. The molecule has 0 atom stereocenters. The number of pyridine rings is 1. The molecule has 5 nitrogen and oxygen atoms in total. The van der Waals surface area contributed by atoms with Crippen molar-refractivity contribution in [1.82, 2.24) is 4.98 Å². The predicted molar refractivity (Wildman–Crippen MR) is 120 cm³/mol. The molecule has 0 bridgehead atoms. The minimum absolute atomic E-state index is 0.129. The second kappa shape index (κ2) is 9.45. The molecule has 1 amide bonds. The van der Waals surface area contributed by atoms with E-state index in [0.29, 0.717) is 39.4 Å². The zero-order chi connectivity index (χ0) is 22.5. The third-order valence-electron chi connectivity index (χ3n) is 4.54. The Labute approximate surface area is 186 Å². The number of carbonyl (C=O) groups excluding carboxylic acids is 1. The summed E-state index contributed by atoms with van der Waals surface area (Å²) in [5.74, 6) is -2.25. The molecule has 4 rings (SSSR count). The van der Waals surface area contributed by atoms with E-state index in [9.17, 15) is 18.8 Å². The average molecular weight is 447 g/mol. The van der Waals surface area contributed by atoms with Crippen molar-refractivity contribution in [2.45, 2.75) is 10.7 Å². The van der Waals surface area contributed by atoms with E-state index in [1.165, 1.54) is 6.08 Å². The molecule has 0 saturated carbocycles. The van der Waals surface area contributed by atoms with E-state index in [0.717, 1.165) is 10.9 Å². The summed E-state index contributed by atoms with van der Waals surface area (Å²) < 4.78 is 30.6. The fraction of sp³-hybridized carbons (Fsp3) is 0.0417. The number of furan rings is 1. The maximum atomic E-state index is 12.7. The lowest BCUT2D eigenvalue weighted by atomic mass is 10.1. The van der Waals surface area contributed by atoms with Gasteiger partial charge >= 0.3 is 0 Å². The molecule has 4 aromatic rings. The summed E-state index contributed by atoms with van der Waals surface area (Å²) in [4.78, 5) is 17.4. The monoisotopic (exact) mass is 447 g/mol. The van der Waals surface area contributed by atoms with Crippen LogP contribution in [0.1, 0.15) is 5.76 Å². The molecule has 0 unspecified atom stereocenters. The van der Waals surface area contributed by atoms with Gasteiger partial charge in [-0.3, -0.25) is 9.78 Å². The van der Waals surface area contributed by atoms with Crippen LogP contribution in [0, 0.1) is 11.3 Å². The quantitative estimate of drug-likeness (QED) is 0.211. The summed E-state index contributed by atoms with van der Waals surface area (Å²) in [6.07, 6.45) is 3.01. The van der Waals surface area contributed by atoms with E-state index in [4.69, 9.17) is 4.42 Å². The molecule has 158 valence electrons. The molecule has 2 heterocycles. The SMILES string of the molecule is N#CC(=Cc1ccc(-c2ccc(SC(F)F)cc2)o1)C(=O)Nc1cccc2ncccc12. The standard InChI is InChI=1S/C24H15F2N3O2S/c25-24(26)32-18-9-6-15(7-10-18)22-11-8-17(31-22)13-16(14-27)23(30)29-21-5-1-4-20-19(21)3-2-12-28-20/h1-13,24H,(H,29,30). The summed E-state index contributed by atoms with van der Waals surface area (Å²) in [5, 5.41) is 13.0. The van der Waals surface area contributed by atoms with Crippen LogP contribution >= 0.6 is 11.8 Å². The number of anilines is 1. The van der Waals surface area contributed by atoms with Crippen molar-refractivity contribution in [3.8, 4) is 17.4 Å². The van der Waals surface area contributed by atoms with Crippen molar-refractivity contribution in [3.05, 3.63) is 84.3 Å². The number of halogens is 2. The summed E-state index contributed by atoms with van der Waals surface area (Å²) in [5.41, 5.74) is 1.83. The van der Waals surface area contributed by atoms with Crippen LogP contribution in [0.25, 0.3) is 28.3 Å². The normalized spacial score (nSPS) is 11.5. The molecule has 32 heavy (non-hydrogen) atoms. The molecule has 0 radical (unpaired) electrons. The zero-order valence-corrected chi connectivity index (χ0v) is 17.3. The maximum Gasteiger partial charge on any atom is 0.288 e. The molecule has 0 saturated heterocycles. The number of nitrogens with zero attached hydrogens (tertiary/aromatic N) is 2. The van der Waals surface area contributed by atoms with Crippen molar-refractivity contribution in [2.75, 3.05) is 5.32 Å². The molecule has 0 aliphatic carbocycles. The highest BCUT2D eigenvalue weighted by Crippen LogP contribution is 2.29. The first kappa shape index (κ1) is 21.3. The fourth-order valence-electron chi connectivity index (χ4n) is 3.08. The summed E-state index contributed by atoms with van der Waals surface area (Å²) >= 11 is 0.465. The number of carbonyl (C=O) groups is 1. The predicted octanol–water partition coefficient (Wildman–Crippen LogP) is 6.36. The topological polar surface area (TPSA) is 78.9 Å². The van der Waals surface area contributed by atoms with E-state index in [1.54, 1.807) is 60.8 Å². The number of hydrogen-bond donors (Lipinski definition) is 1. The van der Waals surface area contributed by atoms with Gasteiger partial charge in [0.15, 0.2) is 0 Å². The second-order valence-corrected chi connectivity index (χ2v) is 7.67. The smallest absolute Gasteiger partial charge is 0.288 e. The van der Waals surface area contributed by atoms with Crippen molar-refractivity contribution in [2.24, 2.45) is 0 Å². The Morgan fingerprint density at radius 2 is 1.91 bits per heavy atom. The van der Waals surface area contributed by atoms with E-state index in [1.807, 2.05) is 18.2 Å². The molecule has 2 aromatic carbocycles. The Kier molecular flexibility index (Phi) is 6.29. The van der Waals surface area contributed by atoms with Gasteiger partial charge in [0, 0.05) is 28.1 Å². The van der Waals surface area contributed by atoms with E-state index in [2.05, 4.69) is 10.3 Å². The Hall–Kier alpha value is -3.96. The van der Waals surface area contributed by atoms with Crippen molar-refractivity contribution in [1.29, 1.82) is 5.26 Å². The number of benzene rings is 2. The van der Waals surface area contributed by atoms with Crippen LogP contribution in [0.3, 0.4) is 0 Å². The first-order chi connectivity index (χ1) is 15.5. The second-order valence-electron chi connectivity index (χ2n) is 6.60. The molecule has 2 aromatic heterocycles. The third-order valence-corrected chi connectivity index (χ3v) is 5.26. The van der Waals surface area contributed by atoms with Gasteiger partial charge < -0.3 is 9.73 Å². The number of fused-ring (bicyclic) bond motifs is 1. The molecular formula is C24H15F2N3O2S. The highest BCUT2D eigenvalue weighted by molar-refractivity contribution is 7.99. The Bertz CT molecular complexity index is 1340. The van der Waals surface area contributed by atoms with E-state index in [-0.39, 0.29) is 5.57 Å². The molecule has 0 aliphatic rings.